The van der Waals surface area contributed by atoms with Gasteiger partial charge in [0.25, 0.3) is 0 Å². The second-order valence-corrected chi connectivity index (χ2v) is 6.16. The monoisotopic (exact) mass is 222 g/mol. The standard InChI is InChI=1S/C16H30/c1-6-15-10-14(5)16(11-15)9-7-8-13(4)12(2)3/h11-15H,6-10H2,1-5H3. The van der Waals surface area contributed by atoms with E-state index in [1.54, 1.807) is 5.57 Å². The zero-order chi connectivity index (χ0) is 12.1. The Labute approximate surface area is 103 Å². The zero-order valence-corrected chi connectivity index (χ0v) is 11.9. The van der Waals surface area contributed by atoms with Crippen LogP contribution >= 0.6 is 0 Å². The molecule has 94 valence electrons. The molecule has 0 radical (unpaired) electrons. The van der Waals surface area contributed by atoms with E-state index in [0.29, 0.717) is 0 Å². The molecule has 0 aromatic rings. The van der Waals surface area contributed by atoms with Crippen LogP contribution in [0, 0.1) is 23.7 Å². The third-order valence-electron chi connectivity index (χ3n) is 4.53. The molecule has 1 aliphatic carbocycles. The quantitative estimate of drug-likeness (QED) is 0.525. The Morgan fingerprint density at radius 2 is 2.00 bits per heavy atom. The van der Waals surface area contributed by atoms with Gasteiger partial charge in [0.15, 0.2) is 0 Å². The first-order chi connectivity index (χ1) is 7.54. The second kappa shape index (κ2) is 6.47. The van der Waals surface area contributed by atoms with Crippen LogP contribution in [0.2, 0.25) is 0 Å². The van der Waals surface area contributed by atoms with Gasteiger partial charge in [-0.1, -0.05) is 52.7 Å². The molecule has 0 amide bonds. The minimum Gasteiger partial charge on any atom is -0.0819 e. The molecule has 0 spiro atoms. The lowest BCUT2D eigenvalue weighted by atomic mass is 9.90. The molecule has 0 heterocycles. The predicted octanol–water partition coefficient (Wildman–Crippen LogP) is 5.44. The van der Waals surface area contributed by atoms with E-state index in [2.05, 4.69) is 40.7 Å². The third-order valence-corrected chi connectivity index (χ3v) is 4.53. The highest BCUT2D eigenvalue weighted by Crippen LogP contribution is 2.35. The lowest BCUT2D eigenvalue weighted by Gasteiger charge is -2.16. The minimum atomic E-state index is 0.846. The van der Waals surface area contributed by atoms with E-state index in [1.165, 1.54) is 32.1 Å². The van der Waals surface area contributed by atoms with Gasteiger partial charge in [-0.05, 0) is 49.4 Å². The first-order valence-electron chi connectivity index (χ1n) is 7.25. The largest absolute Gasteiger partial charge is 0.0819 e. The maximum Gasteiger partial charge on any atom is -0.0226 e. The highest BCUT2D eigenvalue weighted by molar-refractivity contribution is 5.14. The van der Waals surface area contributed by atoms with Crippen LogP contribution < -0.4 is 0 Å². The highest BCUT2D eigenvalue weighted by atomic mass is 14.3. The lowest BCUT2D eigenvalue weighted by molar-refractivity contribution is 0.380. The SMILES string of the molecule is CCC1C=C(CCCC(C)C(C)C)C(C)C1. The third kappa shape index (κ3) is 3.96. The van der Waals surface area contributed by atoms with Gasteiger partial charge < -0.3 is 0 Å². The van der Waals surface area contributed by atoms with E-state index >= 15 is 0 Å². The van der Waals surface area contributed by atoms with Crippen molar-refractivity contribution in [1.29, 1.82) is 0 Å². The Morgan fingerprint density at radius 1 is 1.31 bits per heavy atom. The first kappa shape index (κ1) is 13.8. The smallest absolute Gasteiger partial charge is 0.0226 e. The van der Waals surface area contributed by atoms with E-state index in [-0.39, 0.29) is 0 Å². The minimum absolute atomic E-state index is 0.846. The van der Waals surface area contributed by atoms with Gasteiger partial charge in [-0.3, -0.25) is 0 Å². The topological polar surface area (TPSA) is 0 Å². The van der Waals surface area contributed by atoms with Crippen LogP contribution in [0.25, 0.3) is 0 Å². The predicted molar refractivity (Wildman–Crippen MR) is 73.5 cm³/mol. The van der Waals surface area contributed by atoms with Crippen molar-refractivity contribution in [3.8, 4) is 0 Å². The zero-order valence-electron chi connectivity index (χ0n) is 11.9. The summed E-state index contributed by atoms with van der Waals surface area (Å²) in [6, 6.07) is 0. The molecule has 16 heavy (non-hydrogen) atoms. The Balaban J connectivity index is 2.27. The summed E-state index contributed by atoms with van der Waals surface area (Å²) in [5.74, 6) is 3.48. The summed E-state index contributed by atoms with van der Waals surface area (Å²) in [6.07, 6.45) is 9.46. The molecule has 0 N–H and O–H groups in total. The summed E-state index contributed by atoms with van der Waals surface area (Å²) in [5.41, 5.74) is 1.75. The van der Waals surface area contributed by atoms with Crippen LogP contribution in [0.4, 0.5) is 0 Å². The van der Waals surface area contributed by atoms with Crippen molar-refractivity contribution >= 4 is 0 Å². The Kier molecular flexibility index (Phi) is 5.58. The number of allylic oxidation sites excluding steroid dienone is 2. The molecule has 0 bridgehead atoms. The van der Waals surface area contributed by atoms with Crippen molar-refractivity contribution in [2.75, 3.05) is 0 Å². The van der Waals surface area contributed by atoms with Crippen molar-refractivity contribution in [3.63, 3.8) is 0 Å². The van der Waals surface area contributed by atoms with Crippen molar-refractivity contribution in [1.82, 2.24) is 0 Å². The van der Waals surface area contributed by atoms with Crippen molar-refractivity contribution in [2.24, 2.45) is 23.7 Å². The molecule has 3 atom stereocenters. The lowest BCUT2D eigenvalue weighted by Crippen LogP contribution is -2.04. The molecule has 1 rings (SSSR count). The summed E-state index contributed by atoms with van der Waals surface area (Å²) < 4.78 is 0. The normalized spacial score (nSPS) is 27.2. The van der Waals surface area contributed by atoms with Gasteiger partial charge in [-0.15, -0.1) is 0 Å². The summed E-state index contributed by atoms with van der Waals surface area (Å²) >= 11 is 0. The first-order valence-corrected chi connectivity index (χ1v) is 7.25. The van der Waals surface area contributed by atoms with Gasteiger partial charge in [-0.2, -0.15) is 0 Å². The fourth-order valence-electron chi connectivity index (χ4n) is 2.72. The fraction of sp³-hybridized carbons (Fsp3) is 0.875. The molecular formula is C16H30. The summed E-state index contributed by atoms with van der Waals surface area (Å²) in [6.45, 7) is 11.8. The fourth-order valence-corrected chi connectivity index (χ4v) is 2.72. The summed E-state index contributed by atoms with van der Waals surface area (Å²) in [7, 11) is 0. The Morgan fingerprint density at radius 3 is 2.50 bits per heavy atom. The van der Waals surface area contributed by atoms with Gasteiger partial charge in [-0.25, -0.2) is 0 Å². The van der Waals surface area contributed by atoms with Gasteiger partial charge in [0.2, 0.25) is 0 Å². The van der Waals surface area contributed by atoms with E-state index < -0.39 is 0 Å². The average Bonchev–Trinajstić information content (AvgIpc) is 2.59. The van der Waals surface area contributed by atoms with E-state index in [1.807, 2.05) is 0 Å². The molecule has 0 saturated carbocycles. The molecule has 0 fully saturated rings. The van der Waals surface area contributed by atoms with E-state index in [0.717, 1.165) is 23.7 Å². The molecule has 0 heteroatoms. The maximum atomic E-state index is 2.57. The number of hydrogen-bond acceptors (Lipinski definition) is 0. The average molecular weight is 222 g/mol. The van der Waals surface area contributed by atoms with Gasteiger partial charge in [0.05, 0.1) is 0 Å². The Bertz CT molecular complexity index is 224. The van der Waals surface area contributed by atoms with Crippen LogP contribution in [0.15, 0.2) is 11.6 Å². The molecule has 0 aromatic carbocycles. The number of hydrogen-bond donors (Lipinski definition) is 0. The molecule has 0 aliphatic heterocycles. The summed E-state index contributed by atoms with van der Waals surface area (Å²) in [5, 5.41) is 0. The molecular weight excluding hydrogens is 192 g/mol. The van der Waals surface area contributed by atoms with Crippen LogP contribution in [-0.2, 0) is 0 Å². The molecule has 3 unspecified atom stereocenters. The molecule has 0 saturated heterocycles. The van der Waals surface area contributed by atoms with Crippen LogP contribution in [0.5, 0.6) is 0 Å². The van der Waals surface area contributed by atoms with Crippen molar-refractivity contribution < 1.29 is 0 Å². The molecule has 1 aliphatic rings. The van der Waals surface area contributed by atoms with Crippen molar-refractivity contribution in [2.45, 2.75) is 66.7 Å². The highest BCUT2D eigenvalue weighted by Gasteiger charge is 2.21. The van der Waals surface area contributed by atoms with Crippen molar-refractivity contribution in [3.05, 3.63) is 11.6 Å². The second-order valence-electron chi connectivity index (χ2n) is 6.16. The van der Waals surface area contributed by atoms with Crippen LogP contribution in [-0.4, -0.2) is 0 Å². The van der Waals surface area contributed by atoms with Gasteiger partial charge in [0.1, 0.15) is 0 Å². The maximum absolute atomic E-state index is 2.57. The molecule has 0 nitrogen and oxygen atoms in total. The number of rotatable bonds is 6. The Hall–Kier alpha value is -0.260. The van der Waals surface area contributed by atoms with Gasteiger partial charge in [0, 0.05) is 0 Å². The van der Waals surface area contributed by atoms with E-state index in [4.69, 9.17) is 0 Å². The van der Waals surface area contributed by atoms with E-state index in [9.17, 15) is 0 Å². The molecule has 0 aromatic heterocycles. The van der Waals surface area contributed by atoms with Crippen LogP contribution in [0.3, 0.4) is 0 Å². The van der Waals surface area contributed by atoms with Crippen LogP contribution in [0.1, 0.15) is 66.7 Å². The summed E-state index contributed by atoms with van der Waals surface area (Å²) in [4.78, 5) is 0. The van der Waals surface area contributed by atoms with Gasteiger partial charge >= 0.3 is 0 Å².